The maximum absolute atomic E-state index is 9.04. The van der Waals surface area contributed by atoms with Gasteiger partial charge in [-0.05, 0) is 31.0 Å². The number of halogens is 1. The molecule has 2 rings (SSSR count). The number of ether oxygens (including phenoxy) is 2. The molecule has 0 radical (unpaired) electrons. The second-order valence-electron chi connectivity index (χ2n) is 4.44. The third kappa shape index (κ3) is 4.50. The van der Waals surface area contributed by atoms with Crippen LogP contribution in [0.15, 0.2) is 22.7 Å². The third-order valence-electron chi connectivity index (χ3n) is 2.98. The molecule has 1 saturated heterocycles. The molecule has 1 atom stereocenters. The highest BCUT2D eigenvalue weighted by Gasteiger charge is 2.15. The standard InChI is InChI=1S/C14H17BrN2O2/c15-12-2-3-14(11(8-12)9-16)17-5-1-6-19-13-4-7-18-10-13/h2-3,8,13,17H,1,4-7,10H2/t13-/m1/s1. The summed E-state index contributed by atoms with van der Waals surface area (Å²) in [7, 11) is 0. The molecule has 102 valence electrons. The first-order valence-corrected chi connectivity index (χ1v) is 7.22. The fourth-order valence-corrected chi connectivity index (χ4v) is 2.31. The number of hydrogen-bond acceptors (Lipinski definition) is 4. The lowest BCUT2D eigenvalue weighted by Crippen LogP contribution is -2.15. The van der Waals surface area contributed by atoms with Crippen molar-refractivity contribution >= 4 is 21.6 Å². The molecule has 1 N–H and O–H groups in total. The van der Waals surface area contributed by atoms with Gasteiger partial charge in [-0.1, -0.05) is 15.9 Å². The van der Waals surface area contributed by atoms with E-state index in [1.165, 1.54) is 0 Å². The van der Waals surface area contributed by atoms with Crippen LogP contribution in [0.1, 0.15) is 18.4 Å². The van der Waals surface area contributed by atoms with Crippen LogP contribution in [0, 0.1) is 11.3 Å². The Bertz CT molecular complexity index is 453. The maximum atomic E-state index is 9.04. The lowest BCUT2D eigenvalue weighted by molar-refractivity contribution is 0.0427. The molecule has 1 aromatic rings. The van der Waals surface area contributed by atoms with Gasteiger partial charge in [-0.2, -0.15) is 5.26 Å². The highest BCUT2D eigenvalue weighted by atomic mass is 79.9. The molecule has 0 aromatic heterocycles. The van der Waals surface area contributed by atoms with Crippen LogP contribution < -0.4 is 5.32 Å². The normalized spacial score (nSPS) is 18.2. The highest BCUT2D eigenvalue weighted by molar-refractivity contribution is 9.10. The Kier molecular flexibility index (Phi) is 5.64. The van der Waals surface area contributed by atoms with Crippen molar-refractivity contribution in [2.75, 3.05) is 31.7 Å². The van der Waals surface area contributed by atoms with Crippen molar-refractivity contribution in [1.82, 2.24) is 0 Å². The lowest BCUT2D eigenvalue weighted by Gasteiger charge is -2.11. The van der Waals surface area contributed by atoms with Gasteiger partial charge in [0.2, 0.25) is 0 Å². The number of anilines is 1. The summed E-state index contributed by atoms with van der Waals surface area (Å²) in [5, 5.41) is 12.3. The van der Waals surface area contributed by atoms with E-state index >= 15 is 0 Å². The van der Waals surface area contributed by atoms with Crippen molar-refractivity contribution < 1.29 is 9.47 Å². The Morgan fingerprint density at radius 2 is 2.42 bits per heavy atom. The number of hydrogen-bond donors (Lipinski definition) is 1. The van der Waals surface area contributed by atoms with Crippen LogP contribution >= 0.6 is 15.9 Å². The smallest absolute Gasteiger partial charge is 0.101 e. The first-order valence-electron chi connectivity index (χ1n) is 6.42. The molecule has 19 heavy (non-hydrogen) atoms. The van der Waals surface area contributed by atoms with Crippen molar-refractivity contribution in [2.24, 2.45) is 0 Å². The molecule has 1 aliphatic heterocycles. The predicted molar refractivity (Wildman–Crippen MR) is 77.1 cm³/mol. The summed E-state index contributed by atoms with van der Waals surface area (Å²) >= 11 is 3.36. The Morgan fingerprint density at radius 3 is 3.16 bits per heavy atom. The molecule has 1 aliphatic rings. The largest absolute Gasteiger partial charge is 0.384 e. The molecule has 0 unspecified atom stereocenters. The topological polar surface area (TPSA) is 54.3 Å². The van der Waals surface area contributed by atoms with Gasteiger partial charge in [0.15, 0.2) is 0 Å². The number of benzene rings is 1. The summed E-state index contributed by atoms with van der Waals surface area (Å²) in [6.07, 6.45) is 2.18. The molecule has 0 saturated carbocycles. The molecule has 5 heteroatoms. The van der Waals surface area contributed by atoms with Gasteiger partial charge in [0.1, 0.15) is 6.07 Å². The van der Waals surface area contributed by atoms with Gasteiger partial charge in [0.25, 0.3) is 0 Å². The third-order valence-corrected chi connectivity index (χ3v) is 3.47. The maximum Gasteiger partial charge on any atom is 0.101 e. The van der Waals surface area contributed by atoms with Gasteiger partial charge in [-0.15, -0.1) is 0 Å². The zero-order valence-corrected chi connectivity index (χ0v) is 12.3. The molecule has 0 aliphatic carbocycles. The Hall–Kier alpha value is -1.09. The van der Waals surface area contributed by atoms with E-state index in [1.807, 2.05) is 18.2 Å². The van der Waals surface area contributed by atoms with Crippen LogP contribution in [0.5, 0.6) is 0 Å². The van der Waals surface area contributed by atoms with E-state index in [0.717, 1.165) is 49.4 Å². The van der Waals surface area contributed by atoms with Gasteiger partial charge in [0, 0.05) is 24.2 Å². The summed E-state index contributed by atoms with van der Waals surface area (Å²) < 4.78 is 11.8. The molecule has 1 heterocycles. The summed E-state index contributed by atoms with van der Waals surface area (Å²) in [5.41, 5.74) is 1.52. The van der Waals surface area contributed by atoms with E-state index in [1.54, 1.807) is 0 Å². The predicted octanol–water partition coefficient (Wildman–Crippen LogP) is 2.93. The Labute approximate surface area is 121 Å². The number of nitrogens with one attached hydrogen (secondary N) is 1. The van der Waals surface area contributed by atoms with Gasteiger partial charge >= 0.3 is 0 Å². The highest BCUT2D eigenvalue weighted by Crippen LogP contribution is 2.20. The molecular weight excluding hydrogens is 308 g/mol. The average Bonchev–Trinajstić information content (AvgIpc) is 2.93. The lowest BCUT2D eigenvalue weighted by atomic mass is 10.2. The van der Waals surface area contributed by atoms with E-state index in [9.17, 15) is 0 Å². The minimum absolute atomic E-state index is 0.266. The average molecular weight is 325 g/mol. The van der Waals surface area contributed by atoms with Gasteiger partial charge in [-0.3, -0.25) is 0 Å². The fourth-order valence-electron chi connectivity index (χ4n) is 1.95. The molecule has 0 bridgehead atoms. The minimum atomic E-state index is 0.266. The number of nitriles is 1. The number of rotatable bonds is 6. The molecule has 0 spiro atoms. The van der Waals surface area contributed by atoms with Crippen LogP contribution in [0.25, 0.3) is 0 Å². The summed E-state index contributed by atoms with van der Waals surface area (Å²) in [4.78, 5) is 0. The van der Waals surface area contributed by atoms with Gasteiger partial charge in [-0.25, -0.2) is 0 Å². The van der Waals surface area contributed by atoms with E-state index in [0.29, 0.717) is 5.56 Å². The van der Waals surface area contributed by atoms with Crippen molar-refractivity contribution in [2.45, 2.75) is 18.9 Å². The van der Waals surface area contributed by atoms with Gasteiger partial charge < -0.3 is 14.8 Å². The fraction of sp³-hybridized carbons (Fsp3) is 0.500. The first-order chi connectivity index (χ1) is 9.29. The van der Waals surface area contributed by atoms with Crippen molar-refractivity contribution in [3.8, 4) is 6.07 Å². The minimum Gasteiger partial charge on any atom is -0.384 e. The first kappa shape index (κ1) is 14.3. The molecule has 1 fully saturated rings. The second-order valence-corrected chi connectivity index (χ2v) is 5.35. The van der Waals surface area contributed by atoms with Crippen LogP contribution in [0.2, 0.25) is 0 Å². The molecular formula is C14H17BrN2O2. The summed E-state index contributed by atoms with van der Waals surface area (Å²) in [6, 6.07) is 7.83. The Morgan fingerprint density at radius 1 is 1.53 bits per heavy atom. The monoisotopic (exact) mass is 324 g/mol. The van der Waals surface area contributed by atoms with Gasteiger partial charge in [0.05, 0.1) is 24.0 Å². The zero-order chi connectivity index (χ0) is 13.5. The van der Waals surface area contributed by atoms with E-state index < -0.39 is 0 Å². The van der Waals surface area contributed by atoms with Crippen LogP contribution in [0.4, 0.5) is 5.69 Å². The van der Waals surface area contributed by atoms with Crippen molar-refractivity contribution in [3.05, 3.63) is 28.2 Å². The van der Waals surface area contributed by atoms with Crippen molar-refractivity contribution in [1.29, 1.82) is 5.26 Å². The number of nitrogens with zero attached hydrogens (tertiary/aromatic N) is 1. The van der Waals surface area contributed by atoms with Crippen molar-refractivity contribution in [3.63, 3.8) is 0 Å². The SMILES string of the molecule is N#Cc1cc(Br)ccc1NCCCO[C@@H]1CCOC1. The van der Waals surface area contributed by atoms with E-state index in [4.69, 9.17) is 14.7 Å². The second kappa shape index (κ2) is 7.49. The van der Waals surface area contributed by atoms with E-state index in [-0.39, 0.29) is 6.10 Å². The van der Waals surface area contributed by atoms with Crippen LogP contribution in [-0.4, -0.2) is 32.5 Å². The molecule has 4 nitrogen and oxygen atoms in total. The van der Waals surface area contributed by atoms with Crippen LogP contribution in [-0.2, 0) is 9.47 Å². The van der Waals surface area contributed by atoms with Crippen LogP contribution in [0.3, 0.4) is 0 Å². The summed E-state index contributed by atoms with van der Waals surface area (Å²) in [5.74, 6) is 0. The zero-order valence-electron chi connectivity index (χ0n) is 10.7. The molecule has 0 amide bonds. The van der Waals surface area contributed by atoms with E-state index in [2.05, 4.69) is 27.3 Å². The summed E-state index contributed by atoms with van der Waals surface area (Å²) in [6.45, 7) is 3.05. The quantitative estimate of drug-likeness (QED) is 0.817. The molecule has 1 aromatic carbocycles. The Balaban J connectivity index is 1.69.